The molecule has 0 unspecified atom stereocenters. The average molecular weight is 372 g/mol. The Labute approximate surface area is 155 Å². The number of imide groups is 1. The summed E-state index contributed by atoms with van der Waals surface area (Å²) >= 11 is 6.05. The Hall–Kier alpha value is -2.14. The third-order valence-electron chi connectivity index (χ3n) is 6.39. The summed E-state index contributed by atoms with van der Waals surface area (Å²) in [6.45, 7) is -0.289. The van der Waals surface area contributed by atoms with Crippen molar-refractivity contribution in [3.05, 3.63) is 47.0 Å². The van der Waals surface area contributed by atoms with Gasteiger partial charge in [0.25, 0.3) is 0 Å². The number of ether oxygens (including phenoxy) is 1. The van der Waals surface area contributed by atoms with E-state index < -0.39 is 5.97 Å². The molecule has 1 aromatic carbocycles. The van der Waals surface area contributed by atoms with Crippen LogP contribution in [-0.4, -0.2) is 29.2 Å². The van der Waals surface area contributed by atoms with Gasteiger partial charge in [-0.1, -0.05) is 42.0 Å². The highest BCUT2D eigenvalue weighted by atomic mass is 35.5. The van der Waals surface area contributed by atoms with Gasteiger partial charge in [0.15, 0.2) is 0 Å². The minimum absolute atomic E-state index is 0.0263. The molecule has 2 saturated carbocycles. The van der Waals surface area contributed by atoms with Gasteiger partial charge >= 0.3 is 5.97 Å². The maximum atomic E-state index is 12.8. The Morgan fingerprint density at radius 3 is 2.31 bits per heavy atom. The quantitative estimate of drug-likeness (QED) is 0.463. The van der Waals surface area contributed by atoms with Crippen molar-refractivity contribution in [3.63, 3.8) is 0 Å². The van der Waals surface area contributed by atoms with E-state index in [1.807, 2.05) is 0 Å². The van der Waals surface area contributed by atoms with Crippen LogP contribution < -0.4 is 0 Å². The van der Waals surface area contributed by atoms with Crippen molar-refractivity contribution in [2.24, 2.45) is 35.5 Å². The standard InChI is InChI=1S/C20H18ClNO4/c21-15-4-2-1-3-10(15)9-26-16(23)8-22-19(24)17-11-5-6-12(14-7-13(11)14)18(17)20(22)25/h1-6,11-14,17-18H,7-9H2/t11-,12-,13-,14+,17-,18+/m0/s1. The molecule has 1 aromatic rings. The summed E-state index contributed by atoms with van der Waals surface area (Å²) in [5.74, 6) is -0.138. The van der Waals surface area contributed by atoms with Crippen LogP contribution in [0.5, 0.6) is 0 Å². The van der Waals surface area contributed by atoms with E-state index in [-0.39, 0.29) is 48.6 Å². The highest BCUT2D eigenvalue weighted by molar-refractivity contribution is 6.31. The fraction of sp³-hybridized carbons (Fsp3) is 0.450. The molecule has 6 heteroatoms. The van der Waals surface area contributed by atoms with E-state index in [0.29, 0.717) is 22.4 Å². The molecular formula is C20H18ClNO4. The van der Waals surface area contributed by atoms with Gasteiger partial charge in [-0.3, -0.25) is 19.3 Å². The molecule has 6 atom stereocenters. The van der Waals surface area contributed by atoms with E-state index in [9.17, 15) is 14.4 Å². The summed E-state index contributed by atoms with van der Waals surface area (Å²) in [7, 11) is 0. The topological polar surface area (TPSA) is 63.7 Å². The van der Waals surface area contributed by atoms with Crippen molar-refractivity contribution in [3.8, 4) is 0 Å². The van der Waals surface area contributed by atoms with E-state index in [2.05, 4.69) is 12.2 Å². The second-order valence-electron chi connectivity index (χ2n) is 7.67. The van der Waals surface area contributed by atoms with E-state index in [1.165, 1.54) is 0 Å². The summed E-state index contributed by atoms with van der Waals surface area (Å²) in [6, 6.07) is 7.09. The number of carbonyl (C=O) groups is 3. The van der Waals surface area contributed by atoms with E-state index in [1.54, 1.807) is 24.3 Å². The van der Waals surface area contributed by atoms with Gasteiger partial charge in [0.2, 0.25) is 11.8 Å². The molecule has 1 heterocycles. The van der Waals surface area contributed by atoms with E-state index in [0.717, 1.165) is 11.3 Å². The Balaban J connectivity index is 1.27. The number of hydrogen-bond acceptors (Lipinski definition) is 4. The predicted molar refractivity (Wildman–Crippen MR) is 92.7 cm³/mol. The van der Waals surface area contributed by atoms with Gasteiger partial charge in [-0.25, -0.2) is 0 Å². The van der Waals surface area contributed by atoms with Crippen LogP contribution in [0.3, 0.4) is 0 Å². The highest BCUT2D eigenvalue weighted by Gasteiger charge is 2.67. The normalized spacial score (nSPS) is 36.1. The third kappa shape index (κ3) is 2.26. The molecule has 26 heavy (non-hydrogen) atoms. The second kappa shape index (κ2) is 5.68. The van der Waals surface area contributed by atoms with Crippen LogP contribution in [0.1, 0.15) is 12.0 Å². The fourth-order valence-electron chi connectivity index (χ4n) is 5.12. The molecule has 5 aliphatic rings. The maximum absolute atomic E-state index is 12.8. The molecule has 0 spiro atoms. The summed E-state index contributed by atoms with van der Waals surface area (Å²) < 4.78 is 5.23. The molecule has 0 aromatic heterocycles. The van der Waals surface area contributed by atoms with Crippen LogP contribution >= 0.6 is 11.6 Å². The molecule has 4 aliphatic carbocycles. The first-order valence-corrected chi connectivity index (χ1v) is 9.36. The molecule has 2 amide bonds. The van der Waals surface area contributed by atoms with Crippen molar-refractivity contribution >= 4 is 29.4 Å². The van der Waals surface area contributed by atoms with Gasteiger partial charge in [0.05, 0.1) is 11.8 Å². The van der Waals surface area contributed by atoms with Crippen molar-refractivity contribution in [2.75, 3.05) is 6.54 Å². The van der Waals surface area contributed by atoms with Crippen LogP contribution in [0, 0.1) is 35.5 Å². The number of allylic oxidation sites excluding steroid dienone is 2. The fourth-order valence-corrected chi connectivity index (χ4v) is 5.31. The lowest BCUT2D eigenvalue weighted by molar-refractivity contribution is -0.154. The number of rotatable bonds is 4. The van der Waals surface area contributed by atoms with Crippen molar-refractivity contribution < 1.29 is 19.1 Å². The molecule has 6 rings (SSSR count). The summed E-state index contributed by atoms with van der Waals surface area (Å²) in [6.07, 6.45) is 5.35. The van der Waals surface area contributed by atoms with Gasteiger partial charge in [-0.2, -0.15) is 0 Å². The smallest absolute Gasteiger partial charge is 0.326 e. The van der Waals surface area contributed by atoms with E-state index >= 15 is 0 Å². The zero-order valence-corrected chi connectivity index (χ0v) is 14.8. The van der Waals surface area contributed by atoms with Crippen molar-refractivity contribution in [1.29, 1.82) is 0 Å². The highest BCUT2D eigenvalue weighted by Crippen LogP contribution is 2.65. The Morgan fingerprint density at radius 2 is 1.69 bits per heavy atom. The van der Waals surface area contributed by atoms with Gasteiger partial charge in [-0.15, -0.1) is 0 Å². The summed E-state index contributed by atoms with van der Waals surface area (Å²) in [5, 5.41) is 0.515. The van der Waals surface area contributed by atoms with E-state index in [4.69, 9.17) is 16.3 Å². The Bertz CT molecular complexity index is 814. The Kier molecular flexibility index (Phi) is 3.51. The Morgan fingerprint density at radius 1 is 1.08 bits per heavy atom. The lowest BCUT2D eigenvalue weighted by Crippen LogP contribution is -2.40. The lowest BCUT2D eigenvalue weighted by atomic mass is 9.63. The number of likely N-dealkylation sites (tertiary alicyclic amines) is 1. The monoisotopic (exact) mass is 371 g/mol. The number of benzene rings is 1. The lowest BCUT2D eigenvalue weighted by Gasteiger charge is -2.37. The molecule has 134 valence electrons. The van der Waals surface area contributed by atoms with Crippen LogP contribution in [0.4, 0.5) is 0 Å². The minimum atomic E-state index is -0.587. The third-order valence-corrected chi connectivity index (χ3v) is 6.76. The minimum Gasteiger partial charge on any atom is -0.459 e. The number of nitrogens with zero attached hydrogens (tertiary/aromatic N) is 1. The van der Waals surface area contributed by atoms with Gasteiger partial charge < -0.3 is 4.74 Å². The zero-order chi connectivity index (χ0) is 18.0. The van der Waals surface area contributed by atoms with Gasteiger partial charge in [0, 0.05) is 10.6 Å². The second-order valence-corrected chi connectivity index (χ2v) is 8.08. The maximum Gasteiger partial charge on any atom is 0.326 e. The molecule has 0 radical (unpaired) electrons. The molecular weight excluding hydrogens is 354 g/mol. The first-order valence-electron chi connectivity index (χ1n) is 8.99. The predicted octanol–water partition coefficient (Wildman–Crippen LogP) is 2.44. The summed E-state index contributed by atoms with van der Waals surface area (Å²) in [5.41, 5.74) is 0.692. The van der Waals surface area contributed by atoms with Gasteiger partial charge in [-0.05, 0) is 36.2 Å². The van der Waals surface area contributed by atoms with Crippen LogP contribution in [0.2, 0.25) is 5.02 Å². The molecule has 0 N–H and O–H groups in total. The first-order chi connectivity index (χ1) is 12.6. The molecule has 1 saturated heterocycles. The van der Waals surface area contributed by atoms with Crippen LogP contribution in [0.15, 0.2) is 36.4 Å². The first kappa shape index (κ1) is 16.1. The molecule has 1 aliphatic heterocycles. The number of carbonyl (C=O) groups excluding carboxylic acids is 3. The van der Waals surface area contributed by atoms with Gasteiger partial charge in [0.1, 0.15) is 13.2 Å². The van der Waals surface area contributed by atoms with Crippen LogP contribution in [-0.2, 0) is 25.7 Å². The summed E-state index contributed by atoms with van der Waals surface area (Å²) in [4.78, 5) is 38.9. The number of halogens is 1. The molecule has 2 bridgehead atoms. The molecule has 3 fully saturated rings. The van der Waals surface area contributed by atoms with Crippen molar-refractivity contribution in [1.82, 2.24) is 4.90 Å². The zero-order valence-electron chi connectivity index (χ0n) is 14.0. The number of hydrogen-bond donors (Lipinski definition) is 0. The molecule has 5 nitrogen and oxygen atoms in total. The number of esters is 1. The number of amides is 2. The van der Waals surface area contributed by atoms with Crippen molar-refractivity contribution in [2.45, 2.75) is 13.0 Å². The average Bonchev–Trinajstić information content (AvgIpc) is 3.42. The van der Waals surface area contributed by atoms with Crippen LogP contribution in [0.25, 0.3) is 0 Å². The SMILES string of the molecule is O=C(CN1C(=O)[C@@H]2[C@H]3C=C[C@@H]([C@@H]4C[C@H]34)[C@@H]2C1=O)OCc1ccccc1Cl. The largest absolute Gasteiger partial charge is 0.459 e.